The van der Waals surface area contributed by atoms with Gasteiger partial charge in [-0.25, -0.2) is 0 Å². The fourth-order valence-corrected chi connectivity index (χ4v) is 1.98. The molecule has 0 aromatic heterocycles. The molecule has 0 unspecified atom stereocenters. The van der Waals surface area contributed by atoms with Crippen LogP contribution in [0.1, 0.15) is 11.1 Å². The lowest BCUT2D eigenvalue weighted by molar-refractivity contribution is 0.405. The summed E-state index contributed by atoms with van der Waals surface area (Å²) in [5.41, 5.74) is 2.56. The van der Waals surface area contributed by atoms with E-state index in [1.165, 1.54) is 11.1 Å². The maximum absolute atomic E-state index is 6.01. The number of rotatable bonds is 1. The largest absolute Gasteiger partial charge is 0.495 e. The molecule has 0 aliphatic carbocycles. The number of ether oxygens (including phenoxy) is 1. The van der Waals surface area contributed by atoms with Gasteiger partial charge in [-0.1, -0.05) is 17.7 Å². The summed E-state index contributed by atoms with van der Waals surface area (Å²) in [6.45, 7) is 1.90. The second-order valence-corrected chi connectivity index (χ2v) is 3.55. The molecule has 4 heteroatoms. The predicted molar refractivity (Wildman–Crippen MR) is 60.7 cm³/mol. The molecule has 14 heavy (non-hydrogen) atoms. The maximum atomic E-state index is 6.01. The highest BCUT2D eigenvalue weighted by Crippen LogP contribution is 2.32. The van der Waals surface area contributed by atoms with Gasteiger partial charge in [0.25, 0.3) is 0 Å². The second kappa shape index (κ2) is 4.87. The van der Waals surface area contributed by atoms with E-state index in [4.69, 9.17) is 16.3 Å². The summed E-state index contributed by atoms with van der Waals surface area (Å²) < 4.78 is 5.27. The van der Waals surface area contributed by atoms with Gasteiger partial charge in [-0.3, -0.25) is 0 Å². The van der Waals surface area contributed by atoms with Gasteiger partial charge < -0.3 is 10.1 Å². The maximum Gasteiger partial charge on any atom is 0.142 e. The van der Waals surface area contributed by atoms with Crippen LogP contribution >= 0.6 is 24.0 Å². The molecule has 1 aliphatic rings. The normalized spacial score (nSPS) is 14.1. The van der Waals surface area contributed by atoms with E-state index in [1.54, 1.807) is 7.11 Å². The number of benzene rings is 1. The van der Waals surface area contributed by atoms with E-state index >= 15 is 0 Å². The van der Waals surface area contributed by atoms with Crippen LogP contribution in [0.5, 0.6) is 5.75 Å². The molecule has 0 atom stereocenters. The third-order valence-corrected chi connectivity index (χ3v) is 2.68. The minimum absolute atomic E-state index is 0. The fraction of sp³-hybridized carbons (Fsp3) is 0.400. The smallest absolute Gasteiger partial charge is 0.142 e. The summed E-state index contributed by atoms with van der Waals surface area (Å²) in [6.07, 6.45) is 1.06. The molecule has 2 nitrogen and oxygen atoms in total. The van der Waals surface area contributed by atoms with Crippen molar-refractivity contribution >= 4 is 24.0 Å². The van der Waals surface area contributed by atoms with E-state index in [-0.39, 0.29) is 12.4 Å². The molecule has 0 spiro atoms. The van der Waals surface area contributed by atoms with Gasteiger partial charge in [0, 0.05) is 12.1 Å². The average Bonchev–Trinajstić information content (AvgIpc) is 2.18. The van der Waals surface area contributed by atoms with Crippen molar-refractivity contribution in [2.45, 2.75) is 13.0 Å². The summed E-state index contributed by atoms with van der Waals surface area (Å²) >= 11 is 6.01. The molecule has 1 aliphatic heterocycles. The first-order valence-electron chi connectivity index (χ1n) is 4.38. The van der Waals surface area contributed by atoms with Crippen LogP contribution in [-0.4, -0.2) is 13.7 Å². The molecule has 0 saturated heterocycles. The van der Waals surface area contributed by atoms with Crippen molar-refractivity contribution < 1.29 is 4.74 Å². The zero-order chi connectivity index (χ0) is 9.26. The Balaban J connectivity index is 0.000000980. The van der Waals surface area contributed by atoms with Crippen molar-refractivity contribution in [3.05, 3.63) is 28.3 Å². The van der Waals surface area contributed by atoms with E-state index in [0.29, 0.717) is 5.02 Å². The van der Waals surface area contributed by atoms with E-state index < -0.39 is 0 Å². The van der Waals surface area contributed by atoms with Crippen LogP contribution in [-0.2, 0) is 13.0 Å². The molecular weight excluding hydrogens is 221 g/mol. The monoisotopic (exact) mass is 233 g/mol. The molecular formula is C10H13Cl2NO. The summed E-state index contributed by atoms with van der Waals surface area (Å²) in [6, 6.07) is 3.99. The highest BCUT2D eigenvalue weighted by atomic mass is 35.5. The highest BCUT2D eigenvalue weighted by molar-refractivity contribution is 6.32. The number of hydrogen-bond donors (Lipinski definition) is 1. The quantitative estimate of drug-likeness (QED) is 0.805. The highest BCUT2D eigenvalue weighted by Gasteiger charge is 2.15. The molecule has 1 N–H and O–H groups in total. The Morgan fingerprint density at radius 2 is 2.21 bits per heavy atom. The number of methoxy groups -OCH3 is 1. The molecule has 1 aromatic rings. The van der Waals surface area contributed by atoms with Crippen LogP contribution < -0.4 is 10.1 Å². The van der Waals surface area contributed by atoms with Crippen molar-refractivity contribution in [3.8, 4) is 5.75 Å². The second-order valence-electron chi connectivity index (χ2n) is 3.15. The van der Waals surface area contributed by atoms with Crippen molar-refractivity contribution in [1.82, 2.24) is 5.32 Å². The van der Waals surface area contributed by atoms with Crippen molar-refractivity contribution in [3.63, 3.8) is 0 Å². The lowest BCUT2D eigenvalue weighted by atomic mass is 10.0. The Hall–Kier alpha value is -0.440. The van der Waals surface area contributed by atoms with Crippen LogP contribution in [0.15, 0.2) is 12.1 Å². The van der Waals surface area contributed by atoms with Crippen molar-refractivity contribution in [1.29, 1.82) is 0 Å². The molecule has 0 fully saturated rings. The Bertz CT molecular complexity index is 328. The number of fused-ring (bicyclic) bond motifs is 1. The third-order valence-electron chi connectivity index (χ3n) is 2.39. The lowest BCUT2D eigenvalue weighted by Crippen LogP contribution is -2.24. The molecule has 1 heterocycles. The van der Waals surface area contributed by atoms with Gasteiger partial charge >= 0.3 is 0 Å². The van der Waals surface area contributed by atoms with Crippen molar-refractivity contribution in [2.24, 2.45) is 0 Å². The molecule has 0 saturated carbocycles. The average molecular weight is 234 g/mol. The molecule has 0 bridgehead atoms. The van der Waals surface area contributed by atoms with Crippen LogP contribution in [0.3, 0.4) is 0 Å². The zero-order valence-electron chi connectivity index (χ0n) is 7.97. The predicted octanol–water partition coefficient (Wildman–Crippen LogP) is 2.42. The van der Waals surface area contributed by atoms with Gasteiger partial charge in [0.1, 0.15) is 5.75 Å². The summed E-state index contributed by atoms with van der Waals surface area (Å²) in [7, 11) is 1.66. The van der Waals surface area contributed by atoms with Crippen LogP contribution in [0.25, 0.3) is 0 Å². The van der Waals surface area contributed by atoms with Crippen LogP contribution in [0, 0.1) is 0 Å². The summed E-state index contributed by atoms with van der Waals surface area (Å²) in [5, 5.41) is 4.00. The Kier molecular flexibility index (Phi) is 4.05. The molecule has 1 aromatic carbocycles. The zero-order valence-corrected chi connectivity index (χ0v) is 9.54. The molecule has 0 radical (unpaired) electrons. The SMILES string of the molecule is COc1c(Cl)ccc2c1CNCC2.Cl. The van der Waals surface area contributed by atoms with Crippen LogP contribution in [0.4, 0.5) is 0 Å². The first kappa shape index (κ1) is 11.6. The van der Waals surface area contributed by atoms with Gasteiger partial charge in [0.15, 0.2) is 0 Å². The van der Waals surface area contributed by atoms with Crippen molar-refractivity contribution in [2.75, 3.05) is 13.7 Å². The van der Waals surface area contributed by atoms with E-state index in [1.807, 2.05) is 6.07 Å². The number of halogens is 2. The first-order valence-corrected chi connectivity index (χ1v) is 4.75. The first-order chi connectivity index (χ1) is 6.33. The number of nitrogens with one attached hydrogen (secondary N) is 1. The Morgan fingerprint density at radius 3 is 2.93 bits per heavy atom. The lowest BCUT2D eigenvalue weighted by Gasteiger charge is -2.20. The summed E-state index contributed by atoms with van der Waals surface area (Å²) in [5.74, 6) is 0.825. The Labute approximate surface area is 95.0 Å². The van der Waals surface area contributed by atoms with Gasteiger partial charge in [0.2, 0.25) is 0 Å². The molecule has 0 amide bonds. The van der Waals surface area contributed by atoms with E-state index in [0.717, 1.165) is 25.3 Å². The molecule has 2 rings (SSSR count). The standard InChI is InChI=1S/C10H12ClNO.ClH/c1-13-10-8-6-12-5-4-7(8)2-3-9(10)11;/h2-3,12H,4-6H2,1H3;1H. The fourth-order valence-electron chi connectivity index (χ4n) is 1.73. The summed E-state index contributed by atoms with van der Waals surface area (Å²) in [4.78, 5) is 0. The minimum atomic E-state index is 0. The minimum Gasteiger partial charge on any atom is -0.495 e. The number of hydrogen-bond acceptors (Lipinski definition) is 2. The third kappa shape index (κ3) is 1.97. The van der Waals surface area contributed by atoms with Gasteiger partial charge in [0.05, 0.1) is 12.1 Å². The van der Waals surface area contributed by atoms with Gasteiger partial charge in [-0.2, -0.15) is 0 Å². The van der Waals surface area contributed by atoms with Gasteiger partial charge in [-0.05, 0) is 24.6 Å². The molecule has 78 valence electrons. The van der Waals surface area contributed by atoms with Gasteiger partial charge in [-0.15, -0.1) is 12.4 Å². The Morgan fingerprint density at radius 1 is 1.43 bits per heavy atom. The topological polar surface area (TPSA) is 21.3 Å². The van der Waals surface area contributed by atoms with E-state index in [9.17, 15) is 0 Å². The van der Waals surface area contributed by atoms with Crippen LogP contribution in [0.2, 0.25) is 5.02 Å². The van der Waals surface area contributed by atoms with E-state index in [2.05, 4.69) is 11.4 Å².